The van der Waals surface area contributed by atoms with E-state index >= 15 is 0 Å². The summed E-state index contributed by atoms with van der Waals surface area (Å²) in [6.07, 6.45) is 7.48. The standard InChI is InChI=1S/C10H15N/c1-5-7-10(11-6-2)8-9(3)4/h5-8H,2H2,1,3-4H3/b7-5-,11-10?. The van der Waals surface area contributed by atoms with E-state index in [4.69, 9.17) is 0 Å². The highest BCUT2D eigenvalue weighted by atomic mass is 14.7. The second kappa shape index (κ2) is 5.66. The van der Waals surface area contributed by atoms with Gasteiger partial charge in [0.2, 0.25) is 0 Å². The topological polar surface area (TPSA) is 12.4 Å². The summed E-state index contributed by atoms with van der Waals surface area (Å²) in [6, 6.07) is 0. The van der Waals surface area contributed by atoms with E-state index < -0.39 is 0 Å². The van der Waals surface area contributed by atoms with E-state index in [9.17, 15) is 0 Å². The molecule has 0 aliphatic rings. The number of aliphatic imine (C=N–C) groups is 1. The molecule has 0 rings (SSSR count). The number of rotatable bonds is 3. The molecule has 0 atom stereocenters. The minimum atomic E-state index is 0.947. The molecule has 0 aliphatic heterocycles. The van der Waals surface area contributed by atoms with Crippen LogP contribution in [0.5, 0.6) is 0 Å². The van der Waals surface area contributed by atoms with Crippen molar-refractivity contribution in [1.82, 2.24) is 0 Å². The first kappa shape index (κ1) is 9.89. The van der Waals surface area contributed by atoms with E-state index in [0.29, 0.717) is 0 Å². The summed E-state index contributed by atoms with van der Waals surface area (Å²) in [6.45, 7) is 9.60. The second-order valence-electron chi connectivity index (χ2n) is 2.46. The Labute approximate surface area is 68.9 Å². The fourth-order valence-electron chi connectivity index (χ4n) is 0.700. The normalized spacial score (nSPS) is 11.7. The van der Waals surface area contributed by atoms with Crippen molar-refractivity contribution in [3.05, 3.63) is 36.6 Å². The zero-order valence-corrected chi connectivity index (χ0v) is 7.46. The van der Waals surface area contributed by atoms with Crippen LogP contribution in [0.15, 0.2) is 41.6 Å². The molecule has 0 aromatic rings. The number of hydrogen-bond donors (Lipinski definition) is 0. The minimum absolute atomic E-state index is 0.947. The minimum Gasteiger partial charge on any atom is -0.258 e. The van der Waals surface area contributed by atoms with Crippen molar-refractivity contribution < 1.29 is 0 Å². The van der Waals surface area contributed by atoms with Gasteiger partial charge in [-0.1, -0.05) is 18.2 Å². The fraction of sp³-hybridized carbons (Fsp3) is 0.300. The van der Waals surface area contributed by atoms with Crippen LogP contribution in [-0.2, 0) is 0 Å². The van der Waals surface area contributed by atoms with Gasteiger partial charge in [0.25, 0.3) is 0 Å². The largest absolute Gasteiger partial charge is 0.258 e. The summed E-state index contributed by atoms with van der Waals surface area (Å²) in [5, 5.41) is 0. The summed E-state index contributed by atoms with van der Waals surface area (Å²) in [5.41, 5.74) is 2.19. The fourth-order valence-corrected chi connectivity index (χ4v) is 0.700. The second-order valence-corrected chi connectivity index (χ2v) is 2.46. The van der Waals surface area contributed by atoms with Crippen molar-refractivity contribution >= 4 is 5.71 Å². The Balaban J connectivity index is 4.48. The molecular formula is C10H15N. The Hall–Kier alpha value is -1.11. The van der Waals surface area contributed by atoms with Crippen molar-refractivity contribution in [2.45, 2.75) is 20.8 Å². The van der Waals surface area contributed by atoms with Crippen LogP contribution in [0.1, 0.15) is 20.8 Å². The highest BCUT2D eigenvalue weighted by molar-refractivity contribution is 6.04. The van der Waals surface area contributed by atoms with Gasteiger partial charge in [0.15, 0.2) is 0 Å². The Morgan fingerprint density at radius 2 is 2.00 bits per heavy atom. The molecule has 1 nitrogen and oxygen atoms in total. The highest BCUT2D eigenvalue weighted by Gasteiger charge is 1.84. The van der Waals surface area contributed by atoms with Crippen LogP contribution in [-0.4, -0.2) is 5.71 Å². The number of allylic oxidation sites excluding steroid dienone is 4. The maximum absolute atomic E-state index is 4.07. The Bertz CT molecular complexity index is 203. The predicted octanol–water partition coefficient (Wildman–Crippen LogP) is 3.11. The van der Waals surface area contributed by atoms with Crippen molar-refractivity contribution in [3.8, 4) is 0 Å². The van der Waals surface area contributed by atoms with Gasteiger partial charge < -0.3 is 0 Å². The molecule has 0 saturated carbocycles. The van der Waals surface area contributed by atoms with Gasteiger partial charge in [-0.05, 0) is 32.9 Å². The Morgan fingerprint density at radius 1 is 1.36 bits per heavy atom. The summed E-state index contributed by atoms with van der Waals surface area (Å²) in [7, 11) is 0. The molecule has 0 aromatic heterocycles. The first-order valence-electron chi connectivity index (χ1n) is 3.67. The molecule has 0 spiro atoms. The van der Waals surface area contributed by atoms with Crippen LogP contribution in [0, 0.1) is 0 Å². The van der Waals surface area contributed by atoms with E-state index in [1.165, 1.54) is 5.57 Å². The van der Waals surface area contributed by atoms with E-state index in [0.717, 1.165) is 5.71 Å². The molecule has 0 heterocycles. The molecule has 60 valence electrons. The van der Waals surface area contributed by atoms with E-state index in [1.807, 2.05) is 39.0 Å². The average molecular weight is 149 g/mol. The third-order valence-corrected chi connectivity index (χ3v) is 1.01. The van der Waals surface area contributed by atoms with Crippen LogP contribution >= 0.6 is 0 Å². The van der Waals surface area contributed by atoms with Gasteiger partial charge in [-0.3, -0.25) is 4.99 Å². The molecule has 0 amide bonds. The lowest BCUT2D eigenvalue weighted by Gasteiger charge is -1.91. The van der Waals surface area contributed by atoms with Gasteiger partial charge in [0.1, 0.15) is 0 Å². The Morgan fingerprint density at radius 3 is 2.36 bits per heavy atom. The van der Waals surface area contributed by atoms with Crippen LogP contribution < -0.4 is 0 Å². The molecule has 0 aliphatic carbocycles. The van der Waals surface area contributed by atoms with Crippen molar-refractivity contribution in [2.24, 2.45) is 4.99 Å². The SMILES string of the molecule is C=CN=C(C=C(C)C)/C=C\C. The predicted molar refractivity (Wildman–Crippen MR) is 51.9 cm³/mol. The molecular weight excluding hydrogens is 134 g/mol. The molecule has 0 radical (unpaired) electrons. The summed E-state index contributed by atoms with van der Waals surface area (Å²) >= 11 is 0. The molecule has 0 fully saturated rings. The molecule has 0 unspecified atom stereocenters. The number of hydrogen-bond acceptors (Lipinski definition) is 1. The molecule has 0 aromatic carbocycles. The van der Waals surface area contributed by atoms with Crippen molar-refractivity contribution in [2.75, 3.05) is 0 Å². The van der Waals surface area contributed by atoms with Crippen molar-refractivity contribution in [1.29, 1.82) is 0 Å². The average Bonchev–Trinajstić information content (AvgIpc) is 1.87. The molecule has 0 saturated heterocycles. The first-order chi connectivity index (χ1) is 5.20. The highest BCUT2D eigenvalue weighted by Crippen LogP contribution is 1.93. The number of nitrogens with zero attached hydrogens (tertiary/aromatic N) is 1. The van der Waals surface area contributed by atoms with Gasteiger partial charge in [-0.2, -0.15) is 0 Å². The summed E-state index contributed by atoms with van der Waals surface area (Å²) in [5.74, 6) is 0. The zero-order chi connectivity index (χ0) is 8.69. The quantitative estimate of drug-likeness (QED) is 0.547. The molecule has 0 bridgehead atoms. The third kappa shape index (κ3) is 5.34. The molecule has 0 N–H and O–H groups in total. The van der Waals surface area contributed by atoms with Crippen molar-refractivity contribution in [3.63, 3.8) is 0 Å². The van der Waals surface area contributed by atoms with Gasteiger partial charge in [0.05, 0.1) is 5.71 Å². The van der Waals surface area contributed by atoms with Crippen LogP contribution in [0.25, 0.3) is 0 Å². The summed E-state index contributed by atoms with van der Waals surface area (Å²) < 4.78 is 0. The summed E-state index contributed by atoms with van der Waals surface area (Å²) in [4.78, 5) is 4.07. The van der Waals surface area contributed by atoms with Gasteiger partial charge >= 0.3 is 0 Å². The third-order valence-electron chi connectivity index (χ3n) is 1.01. The lowest BCUT2D eigenvalue weighted by Crippen LogP contribution is -1.86. The maximum Gasteiger partial charge on any atom is 0.0625 e. The lowest BCUT2D eigenvalue weighted by atomic mass is 10.2. The van der Waals surface area contributed by atoms with Crippen LogP contribution in [0.4, 0.5) is 0 Å². The van der Waals surface area contributed by atoms with Gasteiger partial charge in [0, 0.05) is 6.20 Å². The Kier molecular flexibility index (Phi) is 5.09. The smallest absolute Gasteiger partial charge is 0.0625 e. The first-order valence-corrected chi connectivity index (χ1v) is 3.67. The van der Waals surface area contributed by atoms with Crippen LogP contribution in [0.2, 0.25) is 0 Å². The van der Waals surface area contributed by atoms with Gasteiger partial charge in [-0.15, -0.1) is 0 Å². The van der Waals surface area contributed by atoms with Crippen LogP contribution in [0.3, 0.4) is 0 Å². The zero-order valence-electron chi connectivity index (χ0n) is 7.46. The maximum atomic E-state index is 4.07. The van der Waals surface area contributed by atoms with Gasteiger partial charge in [-0.25, -0.2) is 0 Å². The molecule has 1 heteroatoms. The van der Waals surface area contributed by atoms with E-state index in [1.54, 1.807) is 6.20 Å². The molecule has 11 heavy (non-hydrogen) atoms. The lowest BCUT2D eigenvalue weighted by molar-refractivity contribution is 1.40. The monoisotopic (exact) mass is 149 g/mol. The van der Waals surface area contributed by atoms with E-state index in [2.05, 4.69) is 11.6 Å². The van der Waals surface area contributed by atoms with E-state index in [-0.39, 0.29) is 0 Å².